The summed E-state index contributed by atoms with van der Waals surface area (Å²) in [5.41, 5.74) is 8.48. The van der Waals surface area contributed by atoms with Gasteiger partial charge in [-0.3, -0.25) is 0 Å². The summed E-state index contributed by atoms with van der Waals surface area (Å²) in [5, 5.41) is 0. The average molecular weight is 631 g/mol. The van der Waals surface area contributed by atoms with E-state index in [1.54, 1.807) is 0 Å². The maximum absolute atomic E-state index is 3.46. The van der Waals surface area contributed by atoms with Crippen LogP contribution in [0.1, 0.15) is 76.3 Å². The van der Waals surface area contributed by atoms with Crippen molar-refractivity contribution >= 4 is 16.6 Å². The Morgan fingerprint density at radius 1 is 0.676 bits per heavy atom. The Labute approximate surface area is 224 Å². The van der Waals surface area contributed by atoms with Gasteiger partial charge in [-0.15, -0.1) is 46.5 Å². The van der Waals surface area contributed by atoms with Crippen LogP contribution >= 0.6 is 0 Å². The van der Waals surface area contributed by atoms with E-state index in [1.165, 1.54) is 94.9 Å². The molecular formula is C32H40HfSi. The van der Waals surface area contributed by atoms with Gasteiger partial charge in [0.1, 0.15) is 0 Å². The van der Waals surface area contributed by atoms with Crippen molar-refractivity contribution in [2.45, 2.75) is 78.3 Å². The van der Waals surface area contributed by atoms with Crippen molar-refractivity contribution in [1.29, 1.82) is 0 Å². The fraction of sp³-hybridized carbons (Fsp3) is 0.375. The third kappa shape index (κ3) is 11.3. The minimum absolute atomic E-state index is 0.259. The van der Waals surface area contributed by atoms with Crippen molar-refractivity contribution in [3.8, 4) is 0 Å². The van der Waals surface area contributed by atoms with Crippen molar-refractivity contribution in [2.24, 2.45) is 0 Å². The average Bonchev–Trinajstić information content (AvgIpc) is 3.53. The van der Waals surface area contributed by atoms with Crippen LogP contribution in [-0.4, -0.2) is 5.49 Å². The molecule has 2 heteroatoms. The molecule has 0 saturated carbocycles. The topological polar surface area (TPSA) is 0 Å². The first-order chi connectivity index (χ1) is 16.5. The second kappa shape index (κ2) is 17.0. The predicted octanol–water partition coefficient (Wildman–Crippen LogP) is 9.57. The van der Waals surface area contributed by atoms with Crippen LogP contribution in [0.5, 0.6) is 0 Å². The van der Waals surface area contributed by atoms with E-state index >= 15 is 0 Å². The third-order valence-corrected chi connectivity index (χ3v) is 5.58. The second-order valence-corrected chi connectivity index (χ2v) is 21.9. The van der Waals surface area contributed by atoms with Crippen LogP contribution in [0.4, 0.5) is 0 Å². The molecular weight excluding hydrogens is 591 g/mol. The van der Waals surface area contributed by atoms with Crippen molar-refractivity contribution in [1.82, 2.24) is 0 Å². The van der Waals surface area contributed by atoms with Gasteiger partial charge in [-0.05, 0) is 12.8 Å². The molecule has 0 fully saturated rings. The van der Waals surface area contributed by atoms with E-state index in [2.05, 4.69) is 112 Å². The fourth-order valence-corrected chi connectivity index (χ4v) is 3.76. The van der Waals surface area contributed by atoms with Crippen molar-refractivity contribution in [3.63, 3.8) is 0 Å². The molecule has 2 aromatic carbocycles. The fourth-order valence-electron chi connectivity index (χ4n) is 3.76. The van der Waals surface area contributed by atoms with Crippen LogP contribution in [0.25, 0.3) is 11.1 Å². The number of hydrogen-bond donors (Lipinski definition) is 0. The molecule has 0 spiro atoms. The van der Waals surface area contributed by atoms with Gasteiger partial charge in [0.15, 0.2) is 0 Å². The molecule has 176 valence electrons. The van der Waals surface area contributed by atoms with E-state index in [0.717, 1.165) is 12.8 Å². The van der Waals surface area contributed by atoms with Gasteiger partial charge in [0.05, 0.1) is 0 Å². The Kier molecular flexibility index (Phi) is 14.4. The molecule has 0 aromatic heterocycles. The van der Waals surface area contributed by atoms with Crippen LogP contribution < -0.4 is 0 Å². The summed E-state index contributed by atoms with van der Waals surface area (Å²) in [4.78, 5) is 0. The van der Waals surface area contributed by atoms with Crippen molar-refractivity contribution in [3.05, 3.63) is 107 Å². The minimum atomic E-state index is 0.259. The summed E-state index contributed by atoms with van der Waals surface area (Å²) in [7, 11) is 0. The zero-order valence-electron chi connectivity index (χ0n) is 21.6. The Balaban J connectivity index is 0.000000208. The molecule has 2 aliphatic rings. The summed E-state index contributed by atoms with van der Waals surface area (Å²) >= 11 is 1.45. The molecule has 0 saturated heterocycles. The monoisotopic (exact) mass is 632 g/mol. The van der Waals surface area contributed by atoms with Gasteiger partial charge in [0, 0.05) is 0 Å². The number of unbranched alkanes of at least 4 members (excludes halogenated alkanes) is 2. The van der Waals surface area contributed by atoms with Gasteiger partial charge in [0.25, 0.3) is 0 Å². The first kappa shape index (κ1) is 28.7. The SMILES string of the molecule is CCCCC1=CC(c2ccccc2)=[C-]C1.CCCCC1=CC(c2ccccc2)=[C-]C1.C[Si](C)=[Hf+2]. The summed E-state index contributed by atoms with van der Waals surface area (Å²) in [6.07, 6.45) is 21.2. The maximum atomic E-state index is 3.46. The van der Waals surface area contributed by atoms with Crippen LogP contribution in [0.15, 0.2) is 84.0 Å². The summed E-state index contributed by atoms with van der Waals surface area (Å²) in [6.45, 7) is 9.14. The molecule has 2 aliphatic carbocycles. The summed E-state index contributed by atoms with van der Waals surface area (Å²) in [5.74, 6) is 0. The van der Waals surface area contributed by atoms with E-state index in [9.17, 15) is 0 Å². The first-order valence-corrected chi connectivity index (χ1v) is 20.7. The van der Waals surface area contributed by atoms with E-state index in [1.807, 2.05) is 0 Å². The van der Waals surface area contributed by atoms with Crippen LogP contribution in [-0.2, 0) is 23.0 Å². The number of hydrogen-bond acceptors (Lipinski definition) is 0. The Morgan fingerprint density at radius 3 is 1.35 bits per heavy atom. The van der Waals surface area contributed by atoms with Crippen molar-refractivity contribution in [2.75, 3.05) is 0 Å². The van der Waals surface area contributed by atoms with Gasteiger partial charge in [-0.1, -0.05) is 88.8 Å². The normalized spacial score (nSPS) is 14.1. The molecule has 0 nitrogen and oxygen atoms in total. The van der Waals surface area contributed by atoms with E-state index in [0.29, 0.717) is 0 Å². The zero-order chi connectivity index (χ0) is 24.6. The van der Waals surface area contributed by atoms with Crippen molar-refractivity contribution < 1.29 is 23.0 Å². The number of allylic oxidation sites excluding steroid dienone is 8. The predicted molar refractivity (Wildman–Crippen MR) is 148 cm³/mol. The Bertz CT molecular complexity index is 912. The van der Waals surface area contributed by atoms with Gasteiger partial charge in [-0.25, -0.2) is 0 Å². The Morgan fingerprint density at radius 2 is 1.03 bits per heavy atom. The third-order valence-electron chi connectivity index (χ3n) is 5.58. The van der Waals surface area contributed by atoms with Gasteiger partial charge in [-0.2, -0.15) is 35.5 Å². The molecule has 0 aliphatic heterocycles. The first-order valence-electron chi connectivity index (χ1n) is 12.8. The van der Waals surface area contributed by atoms with E-state index < -0.39 is 0 Å². The molecule has 0 bridgehead atoms. The van der Waals surface area contributed by atoms with Crippen LogP contribution in [0.2, 0.25) is 13.1 Å². The second-order valence-electron chi connectivity index (χ2n) is 9.08. The molecule has 0 unspecified atom stereocenters. The number of rotatable bonds is 8. The molecule has 0 atom stereocenters. The summed E-state index contributed by atoms with van der Waals surface area (Å²) < 4.78 is 0. The van der Waals surface area contributed by atoms with Gasteiger partial charge >= 0.3 is 41.6 Å². The molecule has 34 heavy (non-hydrogen) atoms. The van der Waals surface area contributed by atoms with Crippen LogP contribution in [0.3, 0.4) is 0 Å². The molecule has 0 heterocycles. The molecule has 0 N–H and O–H groups in total. The van der Waals surface area contributed by atoms with E-state index in [4.69, 9.17) is 0 Å². The van der Waals surface area contributed by atoms with E-state index in [-0.39, 0.29) is 5.49 Å². The Hall–Kier alpha value is -1.51. The quantitative estimate of drug-likeness (QED) is 0.201. The van der Waals surface area contributed by atoms with Gasteiger partial charge in [0.2, 0.25) is 0 Å². The molecule has 2 aromatic rings. The van der Waals surface area contributed by atoms with Crippen LogP contribution in [0, 0.1) is 12.2 Å². The zero-order valence-corrected chi connectivity index (χ0v) is 26.2. The summed E-state index contributed by atoms with van der Waals surface area (Å²) in [6, 6.07) is 21.1. The molecule has 0 radical (unpaired) electrons. The molecule has 0 amide bonds. The van der Waals surface area contributed by atoms with Gasteiger partial charge < -0.3 is 0 Å². The number of benzene rings is 2. The standard InChI is InChI=1S/2C15H17.C2H6Si.Hf/c2*1-2-3-7-13-10-11-15(12-13)14-8-5-4-6-9-14;1-3-2;/h2*4-6,8-9,12H,2-3,7,10H2,1H3;1-2H3;/q2*-1;;+2. The molecule has 4 rings (SSSR count).